The Morgan fingerprint density at radius 3 is 2.78 bits per heavy atom. The molecule has 18 heavy (non-hydrogen) atoms. The summed E-state index contributed by atoms with van der Waals surface area (Å²) in [5.41, 5.74) is 2.57. The molecule has 1 N–H and O–H groups in total. The smallest absolute Gasteiger partial charge is 0.0471 e. The third kappa shape index (κ3) is 3.18. The predicted molar refractivity (Wildman–Crippen MR) is 79.5 cm³/mol. The minimum absolute atomic E-state index is 0.741. The fourth-order valence-electron chi connectivity index (χ4n) is 2.38. The van der Waals surface area contributed by atoms with Gasteiger partial charge in [-0.1, -0.05) is 31.0 Å². The molecule has 0 bridgehead atoms. The van der Waals surface area contributed by atoms with Crippen molar-refractivity contribution in [3.05, 3.63) is 28.8 Å². The first-order chi connectivity index (χ1) is 8.77. The average molecular weight is 267 g/mol. The van der Waals surface area contributed by atoms with E-state index in [1.807, 2.05) is 13.1 Å². The summed E-state index contributed by atoms with van der Waals surface area (Å²) in [6.45, 7) is 4.24. The molecule has 0 aliphatic heterocycles. The van der Waals surface area contributed by atoms with Gasteiger partial charge in [-0.15, -0.1) is 0 Å². The summed E-state index contributed by atoms with van der Waals surface area (Å²) in [6, 6.07) is 7.01. The van der Waals surface area contributed by atoms with Crippen LogP contribution in [0.3, 0.4) is 0 Å². The van der Waals surface area contributed by atoms with Crippen LogP contribution in [0.1, 0.15) is 38.2 Å². The Labute approximate surface area is 115 Å². The van der Waals surface area contributed by atoms with Crippen LogP contribution in [0.15, 0.2) is 18.2 Å². The van der Waals surface area contributed by atoms with Gasteiger partial charge in [0.2, 0.25) is 0 Å². The van der Waals surface area contributed by atoms with E-state index in [0.717, 1.165) is 24.2 Å². The van der Waals surface area contributed by atoms with Crippen LogP contribution in [0.2, 0.25) is 5.02 Å². The molecule has 1 aromatic carbocycles. The van der Waals surface area contributed by atoms with Gasteiger partial charge in [-0.2, -0.15) is 0 Å². The highest BCUT2D eigenvalue weighted by molar-refractivity contribution is 6.31. The molecule has 0 heterocycles. The molecule has 0 saturated heterocycles. The molecule has 1 fully saturated rings. The maximum atomic E-state index is 6.34. The van der Waals surface area contributed by atoms with E-state index in [0.29, 0.717) is 0 Å². The lowest BCUT2D eigenvalue weighted by Crippen LogP contribution is -2.28. The van der Waals surface area contributed by atoms with Crippen LogP contribution in [0.4, 0.5) is 5.69 Å². The van der Waals surface area contributed by atoms with Gasteiger partial charge in [-0.05, 0) is 38.4 Å². The molecule has 2 rings (SSSR count). The van der Waals surface area contributed by atoms with Crippen LogP contribution in [-0.4, -0.2) is 19.6 Å². The quantitative estimate of drug-likeness (QED) is 0.807. The maximum Gasteiger partial charge on any atom is 0.0471 e. The van der Waals surface area contributed by atoms with Crippen LogP contribution in [0, 0.1) is 0 Å². The summed E-state index contributed by atoms with van der Waals surface area (Å²) >= 11 is 6.34. The summed E-state index contributed by atoms with van der Waals surface area (Å²) in [4.78, 5) is 2.56. The van der Waals surface area contributed by atoms with Gasteiger partial charge in [0.15, 0.2) is 0 Å². The van der Waals surface area contributed by atoms with Crippen molar-refractivity contribution in [2.45, 2.75) is 45.2 Å². The second-order valence-electron chi connectivity index (χ2n) is 5.05. The van der Waals surface area contributed by atoms with Gasteiger partial charge in [0.25, 0.3) is 0 Å². The Morgan fingerprint density at radius 1 is 1.39 bits per heavy atom. The summed E-state index contributed by atoms with van der Waals surface area (Å²) < 4.78 is 0. The largest absolute Gasteiger partial charge is 0.368 e. The van der Waals surface area contributed by atoms with Crippen LogP contribution >= 0.6 is 11.6 Å². The van der Waals surface area contributed by atoms with E-state index in [1.165, 1.54) is 36.9 Å². The molecular weight excluding hydrogens is 244 g/mol. The fraction of sp³-hybridized carbons (Fsp3) is 0.600. The number of nitrogens with zero attached hydrogens (tertiary/aromatic N) is 1. The standard InChI is InChI=1S/C15H23ClN2/c1-3-4-10-18(12-8-9-12)15-7-5-6-14(16)13(15)11-17-2/h5-7,12,17H,3-4,8-11H2,1-2H3. The van der Waals surface area contributed by atoms with Gasteiger partial charge in [0.1, 0.15) is 0 Å². The van der Waals surface area contributed by atoms with Crippen molar-refractivity contribution in [1.82, 2.24) is 5.32 Å². The molecule has 0 aromatic heterocycles. The van der Waals surface area contributed by atoms with Crippen molar-refractivity contribution in [2.75, 3.05) is 18.5 Å². The van der Waals surface area contributed by atoms with Crippen LogP contribution in [0.5, 0.6) is 0 Å². The molecule has 1 aromatic rings. The second kappa shape index (κ2) is 6.44. The fourth-order valence-corrected chi connectivity index (χ4v) is 2.62. The minimum atomic E-state index is 0.741. The molecule has 3 heteroatoms. The lowest BCUT2D eigenvalue weighted by atomic mass is 10.1. The van der Waals surface area contributed by atoms with Crippen LogP contribution < -0.4 is 10.2 Å². The van der Waals surface area contributed by atoms with Gasteiger partial charge >= 0.3 is 0 Å². The van der Waals surface area contributed by atoms with E-state index in [9.17, 15) is 0 Å². The van der Waals surface area contributed by atoms with Gasteiger partial charge in [0.05, 0.1) is 0 Å². The first-order valence-corrected chi connectivity index (χ1v) is 7.34. The molecule has 0 spiro atoms. The zero-order chi connectivity index (χ0) is 13.0. The lowest BCUT2D eigenvalue weighted by molar-refractivity contribution is 0.705. The molecular formula is C15H23ClN2. The zero-order valence-corrected chi connectivity index (χ0v) is 12.1. The molecule has 1 saturated carbocycles. The topological polar surface area (TPSA) is 15.3 Å². The van der Waals surface area contributed by atoms with Crippen molar-refractivity contribution in [3.63, 3.8) is 0 Å². The SMILES string of the molecule is CCCCN(c1cccc(Cl)c1CNC)C1CC1. The number of hydrogen-bond acceptors (Lipinski definition) is 2. The number of halogens is 1. The number of unbranched alkanes of at least 4 members (excludes halogenated alkanes) is 1. The van der Waals surface area contributed by atoms with Gasteiger partial charge in [-0.3, -0.25) is 0 Å². The summed E-state index contributed by atoms with van der Waals surface area (Å²) in [7, 11) is 1.97. The Balaban J connectivity index is 2.25. The van der Waals surface area contributed by atoms with Crippen molar-refractivity contribution >= 4 is 17.3 Å². The second-order valence-corrected chi connectivity index (χ2v) is 5.45. The van der Waals surface area contributed by atoms with Crippen molar-refractivity contribution in [2.24, 2.45) is 0 Å². The number of anilines is 1. The highest BCUT2D eigenvalue weighted by Gasteiger charge is 2.30. The summed E-state index contributed by atoms with van der Waals surface area (Å²) in [5.74, 6) is 0. The Morgan fingerprint density at radius 2 is 2.17 bits per heavy atom. The molecule has 2 nitrogen and oxygen atoms in total. The van der Waals surface area contributed by atoms with E-state index in [-0.39, 0.29) is 0 Å². The lowest BCUT2D eigenvalue weighted by Gasteiger charge is -2.27. The third-order valence-corrected chi connectivity index (χ3v) is 3.85. The predicted octanol–water partition coefficient (Wildman–Crippen LogP) is 3.83. The average Bonchev–Trinajstić information content (AvgIpc) is 3.18. The van der Waals surface area contributed by atoms with E-state index in [2.05, 4.69) is 29.3 Å². The van der Waals surface area contributed by atoms with E-state index in [4.69, 9.17) is 11.6 Å². The third-order valence-electron chi connectivity index (χ3n) is 3.50. The van der Waals surface area contributed by atoms with E-state index >= 15 is 0 Å². The maximum absolute atomic E-state index is 6.34. The summed E-state index contributed by atoms with van der Waals surface area (Å²) in [5, 5.41) is 4.10. The Bertz CT molecular complexity index is 388. The molecule has 0 unspecified atom stereocenters. The highest BCUT2D eigenvalue weighted by atomic mass is 35.5. The molecule has 0 atom stereocenters. The van der Waals surface area contributed by atoms with Gasteiger partial charge < -0.3 is 10.2 Å². The Kier molecular flexibility index (Phi) is 4.90. The molecule has 100 valence electrons. The first-order valence-electron chi connectivity index (χ1n) is 6.96. The van der Waals surface area contributed by atoms with Gasteiger partial charge in [0, 0.05) is 35.4 Å². The number of hydrogen-bond donors (Lipinski definition) is 1. The van der Waals surface area contributed by atoms with E-state index in [1.54, 1.807) is 0 Å². The minimum Gasteiger partial charge on any atom is -0.368 e. The Hall–Kier alpha value is -0.730. The number of rotatable bonds is 7. The normalized spacial score (nSPS) is 14.8. The van der Waals surface area contributed by atoms with Crippen molar-refractivity contribution in [1.29, 1.82) is 0 Å². The molecule has 1 aliphatic carbocycles. The number of nitrogens with one attached hydrogen (secondary N) is 1. The first kappa shape index (κ1) is 13.7. The van der Waals surface area contributed by atoms with Crippen molar-refractivity contribution in [3.8, 4) is 0 Å². The van der Waals surface area contributed by atoms with Gasteiger partial charge in [-0.25, -0.2) is 0 Å². The molecule has 0 radical (unpaired) electrons. The van der Waals surface area contributed by atoms with Crippen molar-refractivity contribution < 1.29 is 0 Å². The zero-order valence-electron chi connectivity index (χ0n) is 11.4. The molecule has 0 amide bonds. The highest BCUT2D eigenvalue weighted by Crippen LogP contribution is 2.36. The monoisotopic (exact) mass is 266 g/mol. The van der Waals surface area contributed by atoms with Crippen LogP contribution in [-0.2, 0) is 6.54 Å². The summed E-state index contributed by atoms with van der Waals surface area (Å²) in [6.07, 6.45) is 5.15. The molecule has 1 aliphatic rings. The number of benzene rings is 1. The van der Waals surface area contributed by atoms with Crippen LogP contribution in [0.25, 0.3) is 0 Å². The van der Waals surface area contributed by atoms with E-state index < -0.39 is 0 Å².